The number of ether oxygens (including phenoxy) is 1. The van der Waals surface area contributed by atoms with E-state index in [2.05, 4.69) is 15.1 Å². The van der Waals surface area contributed by atoms with Crippen LogP contribution >= 0.6 is 11.6 Å². The lowest BCUT2D eigenvalue weighted by Gasteiger charge is -2.49. The van der Waals surface area contributed by atoms with Gasteiger partial charge in [-0.3, -0.25) is 14.9 Å². The molecule has 4 rings (SSSR count). The summed E-state index contributed by atoms with van der Waals surface area (Å²) in [5, 5.41) is 14.9. The van der Waals surface area contributed by atoms with Crippen molar-refractivity contribution in [2.75, 3.05) is 49.7 Å². The highest BCUT2D eigenvalue weighted by Crippen LogP contribution is 2.38. The Labute approximate surface area is 185 Å². The van der Waals surface area contributed by atoms with Gasteiger partial charge in [0.05, 0.1) is 23.5 Å². The monoisotopic (exact) mass is 444 g/mol. The second-order valence-corrected chi connectivity index (χ2v) is 8.29. The summed E-state index contributed by atoms with van der Waals surface area (Å²) in [5.41, 5.74) is 2.89. The molecular weight excluding hydrogens is 420 g/mol. The molecule has 2 unspecified atom stereocenters. The number of rotatable bonds is 6. The molecule has 2 aliphatic heterocycles. The summed E-state index contributed by atoms with van der Waals surface area (Å²) in [6, 6.07) is 12.6. The Morgan fingerprint density at radius 3 is 2.87 bits per heavy atom. The van der Waals surface area contributed by atoms with Gasteiger partial charge in [-0.15, -0.1) is 0 Å². The van der Waals surface area contributed by atoms with Crippen LogP contribution in [0.5, 0.6) is 0 Å². The van der Waals surface area contributed by atoms with Crippen LogP contribution in [0, 0.1) is 16.0 Å². The van der Waals surface area contributed by atoms with Crippen LogP contribution in [-0.2, 0) is 16.0 Å². The van der Waals surface area contributed by atoms with Crippen LogP contribution in [0.15, 0.2) is 42.5 Å². The van der Waals surface area contributed by atoms with Gasteiger partial charge in [0, 0.05) is 61.8 Å². The van der Waals surface area contributed by atoms with Crippen LogP contribution in [0.3, 0.4) is 0 Å². The third kappa shape index (κ3) is 4.45. The van der Waals surface area contributed by atoms with Gasteiger partial charge in [-0.25, -0.2) is 0 Å². The number of benzene rings is 2. The number of halogens is 1. The number of methoxy groups -OCH3 is 1. The maximum Gasteiger partial charge on any atom is 0.269 e. The summed E-state index contributed by atoms with van der Waals surface area (Å²) >= 11 is 6.19. The molecule has 0 aliphatic carbocycles. The van der Waals surface area contributed by atoms with Crippen LogP contribution in [0.25, 0.3) is 0 Å². The average Bonchev–Trinajstić information content (AvgIpc) is 2.77. The highest BCUT2D eigenvalue weighted by Gasteiger charge is 2.42. The number of nitrogens with one attached hydrogen (secondary N) is 1. The number of carbonyl (C=O) groups is 1. The number of nitro groups is 1. The Bertz CT molecular complexity index is 986. The Morgan fingerprint density at radius 2 is 2.13 bits per heavy atom. The number of non-ortho nitro benzene ring substituents is 1. The van der Waals surface area contributed by atoms with Crippen molar-refractivity contribution in [3.63, 3.8) is 0 Å². The van der Waals surface area contributed by atoms with Gasteiger partial charge in [0.25, 0.3) is 5.69 Å². The van der Waals surface area contributed by atoms with Crippen molar-refractivity contribution >= 4 is 34.6 Å². The van der Waals surface area contributed by atoms with Crippen molar-refractivity contribution in [1.82, 2.24) is 5.32 Å². The number of piperazine rings is 1. The van der Waals surface area contributed by atoms with E-state index in [0.29, 0.717) is 37.7 Å². The fourth-order valence-electron chi connectivity index (χ4n) is 4.54. The zero-order valence-electron chi connectivity index (χ0n) is 17.3. The lowest BCUT2D eigenvalue weighted by Crippen LogP contribution is -2.61. The van der Waals surface area contributed by atoms with Gasteiger partial charge >= 0.3 is 0 Å². The second kappa shape index (κ2) is 9.11. The molecule has 1 N–H and O–H groups in total. The molecule has 0 bridgehead atoms. The van der Waals surface area contributed by atoms with E-state index in [9.17, 15) is 14.9 Å². The van der Waals surface area contributed by atoms with Gasteiger partial charge in [-0.2, -0.15) is 0 Å². The molecule has 0 saturated carbocycles. The van der Waals surface area contributed by atoms with E-state index < -0.39 is 4.92 Å². The molecule has 2 aliphatic rings. The summed E-state index contributed by atoms with van der Waals surface area (Å²) in [6.45, 7) is 3.01. The van der Waals surface area contributed by atoms with E-state index in [0.717, 1.165) is 23.5 Å². The normalized spacial score (nSPS) is 20.1. The van der Waals surface area contributed by atoms with Gasteiger partial charge < -0.3 is 19.9 Å². The highest BCUT2D eigenvalue weighted by molar-refractivity contribution is 6.30. The first-order valence-corrected chi connectivity index (χ1v) is 10.7. The molecule has 2 atom stereocenters. The quantitative estimate of drug-likeness (QED) is 0.418. The van der Waals surface area contributed by atoms with E-state index in [1.165, 1.54) is 6.07 Å². The van der Waals surface area contributed by atoms with Gasteiger partial charge in [-0.05, 0) is 36.2 Å². The van der Waals surface area contributed by atoms with Gasteiger partial charge in [-0.1, -0.05) is 17.7 Å². The number of nitro benzene ring substituents is 1. The number of fused-ring (bicyclic) bond motifs is 3. The molecule has 0 spiro atoms. The van der Waals surface area contributed by atoms with E-state index in [1.807, 2.05) is 30.3 Å². The smallest absolute Gasteiger partial charge is 0.269 e. The Hall–Kier alpha value is -2.84. The van der Waals surface area contributed by atoms with Crippen molar-refractivity contribution in [3.05, 3.63) is 63.2 Å². The zero-order valence-corrected chi connectivity index (χ0v) is 18.0. The zero-order chi connectivity index (χ0) is 22.0. The van der Waals surface area contributed by atoms with Crippen molar-refractivity contribution < 1.29 is 14.5 Å². The molecule has 31 heavy (non-hydrogen) atoms. The number of hydrogen-bond acceptors (Lipinski definition) is 6. The van der Waals surface area contributed by atoms with E-state index in [1.54, 1.807) is 13.2 Å². The molecule has 2 aromatic rings. The van der Waals surface area contributed by atoms with Gasteiger partial charge in [0.2, 0.25) is 5.91 Å². The minimum absolute atomic E-state index is 0.0494. The van der Waals surface area contributed by atoms with E-state index >= 15 is 0 Å². The Kier molecular flexibility index (Phi) is 6.29. The van der Waals surface area contributed by atoms with Crippen molar-refractivity contribution in [1.29, 1.82) is 0 Å². The van der Waals surface area contributed by atoms with Crippen LogP contribution in [0.1, 0.15) is 5.56 Å². The second-order valence-electron chi connectivity index (χ2n) is 7.85. The SMILES string of the molecule is COCCNC(=O)C1Cc2cc([N+](=O)[O-])ccc2N2CCN(c3cccc(Cl)c3)CC12. The van der Waals surface area contributed by atoms with Crippen LogP contribution in [-0.4, -0.2) is 56.8 Å². The first-order valence-electron chi connectivity index (χ1n) is 10.3. The number of hydrogen-bond donors (Lipinski definition) is 1. The number of anilines is 2. The van der Waals surface area contributed by atoms with E-state index in [-0.39, 0.29) is 23.6 Å². The molecule has 164 valence electrons. The van der Waals surface area contributed by atoms with Crippen molar-refractivity contribution in [3.8, 4) is 0 Å². The standard InChI is InChI=1S/C22H25ClN4O4/c1-31-10-7-24-22(28)19-12-15-11-18(27(29)30)5-6-20(15)26-9-8-25(14-21(19)26)17-4-2-3-16(23)13-17/h2-6,11,13,19,21H,7-10,12,14H2,1H3,(H,24,28). The number of amides is 1. The van der Waals surface area contributed by atoms with Gasteiger partial charge in [0.15, 0.2) is 0 Å². The molecule has 2 aromatic carbocycles. The van der Waals surface area contributed by atoms with Crippen molar-refractivity contribution in [2.24, 2.45) is 5.92 Å². The minimum atomic E-state index is -0.392. The molecule has 9 heteroatoms. The largest absolute Gasteiger partial charge is 0.383 e. The van der Waals surface area contributed by atoms with Crippen LogP contribution in [0.2, 0.25) is 5.02 Å². The minimum Gasteiger partial charge on any atom is -0.383 e. The lowest BCUT2D eigenvalue weighted by atomic mass is 9.83. The Balaban J connectivity index is 1.64. The van der Waals surface area contributed by atoms with Gasteiger partial charge in [0.1, 0.15) is 0 Å². The third-order valence-corrected chi connectivity index (χ3v) is 6.26. The maximum absolute atomic E-state index is 13.1. The molecular formula is C22H25ClN4O4. The highest BCUT2D eigenvalue weighted by atomic mass is 35.5. The lowest BCUT2D eigenvalue weighted by molar-refractivity contribution is -0.384. The first kappa shape index (κ1) is 21.4. The topological polar surface area (TPSA) is 87.9 Å². The third-order valence-electron chi connectivity index (χ3n) is 6.02. The van der Waals surface area contributed by atoms with Crippen LogP contribution < -0.4 is 15.1 Å². The number of nitrogens with zero attached hydrogens (tertiary/aromatic N) is 3. The maximum atomic E-state index is 13.1. The van der Waals surface area contributed by atoms with E-state index in [4.69, 9.17) is 16.3 Å². The Morgan fingerprint density at radius 1 is 1.29 bits per heavy atom. The molecule has 1 saturated heterocycles. The molecule has 1 amide bonds. The molecule has 0 aromatic heterocycles. The summed E-state index contributed by atoms with van der Waals surface area (Å²) in [7, 11) is 1.59. The van der Waals surface area contributed by atoms with Crippen molar-refractivity contribution in [2.45, 2.75) is 12.5 Å². The first-order chi connectivity index (χ1) is 15.0. The predicted molar refractivity (Wildman–Crippen MR) is 120 cm³/mol. The summed E-state index contributed by atoms with van der Waals surface area (Å²) < 4.78 is 5.05. The fourth-order valence-corrected chi connectivity index (χ4v) is 4.72. The average molecular weight is 445 g/mol. The molecule has 1 fully saturated rings. The summed E-state index contributed by atoms with van der Waals surface area (Å²) in [5.74, 6) is -0.384. The van der Waals surface area contributed by atoms with Crippen LogP contribution in [0.4, 0.5) is 17.1 Å². The number of carbonyl (C=O) groups excluding carboxylic acids is 1. The summed E-state index contributed by atoms with van der Waals surface area (Å²) in [6.07, 6.45) is 0.459. The molecule has 0 radical (unpaired) electrons. The molecule has 2 heterocycles. The summed E-state index contributed by atoms with van der Waals surface area (Å²) in [4.78, 5) is 28.4. The molecule has 8 nitrogen and oxygen atoms in total. The fraction of sp³-hybridized carbons (Fsp3) is 0.409. The predicted octanol–water partition coefficient (Wildman–Crippen LogP) is 2.88.